The van der Waals surface area contributed by atoms with E-state index < -0.39 is 28.6 Å². The van der Waals surface area contributed by atoms with Gasteiger partial charge in [0.05, 0.1) is 6.26 Å². The van der Waals surface area contributed by atoms with Gasteiger partial charge < -0.3 is 15.7 Å². The summed E-state index contributed by atoms with van der Waals surface area (Å²) in [6.45, 7) is -0.344. The number of amides is 2. The van der Waals surface area contributed by atoms with Crippen LogP contribution < -0.4 is 15.4 Å². The Labute approximate surface area is 87.1 Å². The second kappa shape index (κ2) is 6.19. The number of hydrogen-bond donors (Lipinski definition) is 4. The van der Waals surface area contributed by atoms with Gasteiger partial charge in [-0.2, -0.15) is 0 Å². The number of carbonyl (C=O) groups is 2. The Bertz CT molecular complexity index is 326. The Morgan fingerprint density at radius 2 is 1.80 bits per heavy atom. The van der Waals surface area contributed by atoms with Gasteiger partial charge in [-0.25, -0.2) is 17.9 Å². The Morgan fingerprint density at radius 1 is 1.20 bits per heavy atom. The van der Waals surface area contributed by atoms with Crippen LogP contribution in [0.2, 0.25) is 0 Å². The van der Waals surface area contributed by atoms with Crippen LogP contribution in [-0.2, 0) is 14.8 Å². The molecule has 0 aliphatic carbocycles. The molecule has 0 bridgehead atoms. The molecule has 0 aromatic carbocycles. The maximum absolute atomic E-state index is 10.8. The van der Waals surface area contributed by atoms with E-state index in [1.165, 1.54) is 0 Å². The lowest BCUT2D eigenvalue weighted by molar-refractivity contribution is -0.135. The first-order valence-corrected chi connectivity index (χ1v) is 5.88. The third-order valence-electron chi connectivity index (χ3n) is 1.17. The largest absolute Gasteiger partial charge is 0.480 e. The molecule has 0 aromatic heterocycles. The maximum atomic E-state index is 10.8. The van der Waals surface area contributed by atoms with Crippen molar-refractivity contribution in [2.45, 2.75) is 0 Å². The number of carboxylic acids is 1. The average molecular weight is 239 g/mol. The summed E-state index contributed by atoms with van der Waals surface area (Å²) in [5.41, 5.74) is 0. The first kappa shape index (κ1) is 13.7. The number of carbonyl (C=O) groups excluding carboxylic acids is 1. The van der Waals surface area contributed by atoms with Gasteiger partial charge in [0.15, 0.2) is 0 Å². The van der Waals surface area contributed by atoms with Crippen LogP contribution in [0.25, 0.3) is 0 Å². The molecule has 0 saturated carbocycles. The third kappa shape index (κ3) is 10.6. The minimum absolute atomic E-state index is 0.0549. The summed E-state index contributed by atoms with van der Waals surface area (Å²) in [4.78, 5) is 20.8. The molecule has 4 N–H and O–H groups in total. The van der Waals surface area contributed by atoms with Crippen molar-refractivity contribution in [3.8, 4) is 0 Å². The van der Waals surface area contributed by atoms with Gasteiger partial charge in [0.2, 0.25) is 10.0 Å². The summed E-state index contributed by atoms with van der Waals surface area (Å²) >= 11 is 0. The molecule has 0 saturated heterocycles. The van der Waals surface area contributed by atoms with Crippen molar-refractivity contribution in [2.24, 2.45) is 0 Å². The van der Waals surface area contributed by atoms with Crippen molar-refractivity contribution >= 4 is 22.0 Å². The number of urea groups is 1. The Balaban J connectivity index is 3.52. The highest BCUT2D eigenvalue weighted by Crippen LogP contribution is 1.71. The molecule has 0 heterocycles. The molecule has 0 atom stereocenters. The molecule has 8 nitrogen and oxygen atoms in total. The van der Waals surface area contributed by atoms with Crippen molar-refractivity contribution < 1.29 is 23.1 Å². The van der Waals surface area contributed by atoms with Gasteiger partial charge in [-0.05, 0) is 0 Å². The van der Waals surface area contributed by atoms with Crippen LogP contribution >= 0.6 is 0 Å². The van der Waals surface area contributed by atoms with E-state index in [1.54, 1.807) is 0 Å². The molecule has 9 heteroatoms. The molecule has 15 heavy (non-hydrogen) atoms. The van der Waals surface area contributed by atoms with Gasteiger partial charge in [0.25, 0.3) is 0 Å². The van der Waals surface area contributed by atoms with E-state index in [2.05, 4.69) is 15.4 Å². The lowest BCUT2D eigenvalue weighted by Crippen LogP contribution is -2.41. The van der Waals surface area contributed by atoms with Crippen LogP contribution in [0.1, 0.15) is 0 Å². The summed E-state index contributed by atoms with van der Waals surface area (Å²) in [5.74, 6) is -1.15. The fourth-order valence-electron chi connectivity index (χ4n) is 0.631. The van der Waals surface area contributed by atoms with E-state index in [-0.39, 0.29) is 13.1 Å². The number of hydrogen-bond acceptors (Lipinski definition) is 4. The zero-order valence-corrected chi connectivity index (χ0v) is 8.93. The van der Waals surface area contributed by atoms with E-state index in [1.807, 2.05) is 0 Å². The molecular weight excluding hydrogens is 226 g/mol. The molecule has 88 valence electrons. The van der Waals surface area contributed by atoms with Crippen molar-refractivity contribution in [3.63, 3.8) is 0 Å². The molecule has 0 fully saturated rings. The van der Waals surface area contributed by atoms with E-state index in [9.17, 15) is 18.0 Å². The van der Waals surface area contributed by atoms with E-state index in [4.69, 9.17) is 5.11 Å². The second-order valence-corrected chi connectivity index (χ2v) is 4.50. The van der Waals surface area contributed by atoms with Crippen LogP contribution in [0.3, 0.4) is 0 Å². The fraction of sp³-hybridized carbons (Fsp3) is 0.667. The second-order valence-electron chi connectivity index (χ2n) is 2.67. The van der Waals surface area contributed by atoms with Gasteiger partial charge in [-0.15, -0.1) is 0 Å². The molecule has 0 unspecified atom stereocenters. The number of carboxylic acid groups (broad SMARTS) is 1. The first-order chi connectivity index (χ1) is 6.81. The Hall–Kier alpha value is -1.35. The van der Waals surface area contributed by atoms with Crippen LogP contribution in [0, 0.1) is 0 Å². The quantitative estimate of drug-likeness (QED) is 0.396. The van der Waals surface area contributed by atoms with Crippen LogP contribution in [0.4, 0.5) is 4.79 Å². The number of nitrogens with one attached hydrogen (secondary N) is 3. The summed E-state index contributed by atoms with van der Waals surface area (Å²) in [6, 6.07) is -0.660. The highest BCUT2D eigenvalue weighted by molar-refractivity contribution is 7.88. The third-order valence-corrected chi connectivity index (χ3v) is 1.90. The molecule has 0 aromatic rings. The molecule has 0 radical (unpaired) electrons. The normalized spacial score (nSPS) is 10.7. The summed E-state index contributed by atoms with van der Waals surface area (Å²) in [5, 5.41) is 12.5. The highest BCUT2D eigenvalue weighted by atomic mass is 32.2. The van der Waals surface area contributed by atoms with Gasteiger partial charge >= 0.3 is 12.0 Å². The van der Waals surface area contributed by atoms with E-state index in [0.717, 1.165) is 6.26 Å². The topological polar surface area (TPSA) is 125 Å². The Kier molecular flexibility index (Phi) is 5.64. The van der Waals surface area contributed by atoms with Crippen molar-refractivity contribution in [1.29, 1.82) is 0 Å². The average Bonchev–Trinajstić information content (AvgIpc) is 2.07. The molecule has 0 rings (SSSR count). The standard InChI is InChI=1S/C6H13N3O5S/c1-15(13,14)9-3-2-7-6(12)8-4-5(10)11/h9H,2-4H2,1H3,(H,10,11)(H2,7,8,12). The molecule has 0 aliphatic heterocycles. The van der Waals surface area contributed by atoms with Crippen LogP contribution in [0.5, 0.6) is 0 Å². The van der Waals surface area contributed by atoms with Gasteiger partial charge in [-0.3, -0.25) is 4.79 Å². The van der Waals surface area contributed by atoms with Gasteiger partial charge in [-0.1, -0.05) is 0 Å². The minimum atomic E-state index is -3.26. The van der Waals surface area contributed by atoms with E-state index in [0.29, 0.717) is 0 Å². The summed E-state index contributed by atoms with van der Waals surface area (Å²) in [7, 11) is -3.26. The van der Waals surface area contributed by atoms with Crippen LogP contribution in [-0.4, -0.2) is 51.4 Å². The predicted octanol–water partition coefficient (Wildman–Crippen LogP) is -2.08. The lowest BCUT2D eigenvalue weighted by Gasteiger charge is -2.05. The summed E-state index contributed by atoms with van der Waals surface area (Å²) < 4.78 is 23.3. The Morgan fingerprint density at radius 3 is 2.27 bits per heavy atom. The predicted molar refractivity (Wildman–Crippen MR) is 51.9 cm³/mol. The fourth-order valence-corrected chi connectivity index (χ4v) is 1.10. The minimum Gasteiger partial charge on any atom is -0.480 e. The number of aliphatic carboxylic acids is 1. The maximum Gasteiger partial charge on any atom is 0.323 e. The molecule has 2 amide bonds. The monoisotopic (exact) mass is 239 g/mol. The molecule has 0 aliphatic rings. The molecule has 0 spiro atoms. The van der Waals surface area contributed by atoms with E-state index >= 15 is 0 Å². The number of rotatable bonds is 6. The highest BCUT2D eigenvalue weighted by Gasteiger charge is 2.03. The number of sulfonamides is 1. The van der Waals surface area contributed by atoms with Crippen molar-refractivity contribution in [3.05, 3.63) is 0 Å². The summed E-state index contributed by atoms with van der Waals surface area (Å²) in [6.07, 6.45) is 0.998. The lowest BCUT2D eigenvalue weighted by atomic mass is 10.6. The zero-order chi connectivity index (χ0) is 11.9. The first-order valence-electron chi connectivity index (χ1n) is 3.99. The van der Waals surface area contributed by atoms with Gasteiger partial charge in [0.1, 0.15) is 6.54 Å². The smallest absolute Gasteiger partial charge is 0.323 e. The van der Waals surface area contributed by atoms with Gasteiger partial charge in [0, 0.05) is 13.1 Å². The van der Waals surface area contributed by atoms with Crippen molar-refractivity contribution in [2.75, 3.05) is 25.9 Å². The zero-order valence-electron chi connectivity index (χ0n) is 8.11. The SMILES string of the molecule is CS(=O)(=O)NCCNC(=O)NCC(=O)O. The molecular formula is C6H13N3O5S. The van der Waals surface area contributed by atoms with Crippen molar-refractivity contribution in [1.82, 2.24) is 15.4 Å². The van der Waals surface area contributed by atoms with Crippen LogP contribution in [0.15, 0.2) is 0 Å².